The molecule has 0 unspecified atom stereocenters. The van der Waals surface area contributed by atoms with E-state index in [4.69, 9.17) is 4.52 Å². The van der Waals surface area contributed by atoms with Gasteiger partial charge in [-0.05, 0) is 50.6 Å². The van der Waals surface area contributed by atoms with E-state index in [1.807, 2.05) is 55.1 Å². The minimum absolute atomic E-state index is 0.445. The number of nitrogens with zero attached hydrogens (tertiary/aromatic N) is 6. The number of aromatic nitrogens is 6. The molecule has 0 spiro atoms. The standard InChI is InChI=1S/C19H19N7O/c1-12-9-13(2)26(24-12)17-7-6-15(10-21-17)11-22-18-16(5-4-8-20-18)19-23-14(3)25-27-19/h4-10H,11H2,1-3H3,(H,20,22). The van der Waals surface area contributed by atoms with Gasteiger partial charge < -0.3 is 9.84 Å². The van der Waals surface area contributed by atoms with Crippen molar-refractivity contribution in [3.8, 4) is 17.3 Å². The van der Waals surface area contributed by atoms with Gasteiger partial charge in [-0.2, -0.15) is 10.1 Å². The molecule has 0 fully saturated rings. The third-order valence-corrected chi connectivity index (χ3v) is 4.06. The van der Waals surface area contributed by atoms with E-state index >= 15 is 0 Å². The summed E-state index contributed by atoms with van der Waals surface area (Å²) < 4.78 is 7.09. The lowest BCUT2D eigenvalue weighted by Crippen LogP contribution is -2.05. The van der Waals surface area contributed by atoms with E-state index in [1.54, 1.807) is 13.1 Å². The summed E-state index contributed by atoms with van der Waals surface area (Å²) >= 11 is 0. The Bertz CT molecular complexity index is 1070. The first-order chi connectivity index (χ1) is 13.1. The van der Waals surface area contributed by atoms with E-state index in [9.17, 15) is 0 Å². The van der Waals surface area contributed by atoms with Gasteiger partial charge in [-0.25, -0.2) is 14.6 Å². The van der Waals surface area contributed by atoms with Crippen LogP contribution in [0.1, 0.15) is 22.8 Å². The summed E-state index contributed by atoms with van der Waals surface area (Å²) in [6, 6.07) is 9.73. The highest BCUT2D eigenvalue weighted by molar-refractivity contribution is 5.68. The third kappa shape index (κ3) is 3.55. The van der Waals surface area contributed by atoms with Gasteiger partial charge in [0.05, 0.1) is 11.3 Å². The maximum Gasteiger partial charge on any atom is 0.261 e. The van der Waals surface area contributed by atoms with Crippen LogP contribution in [0.25, 0.3) is 17.3 Å². The van der Waals surface area contributed by atoms with Crippen LogP contribution in [-0.2, 0) is 6.54 Å². The number of hydrogen-bond donors (Lipinski definition) is 1. The molecule has 0 amide bonds. The fraction of sp³-hybridized carbons (Fsp3) is 0.211. The predicted molar refractivity (Wildman–Crippen MR) is 100 cm³/mol. The lowest BCUT2D eigenvalue weighted by atomic mass is 10.2. The zero-order valence-electron chi connectivity index (χ0n) is 15.3. The Morgan fingerprint density at radius 1 is 1.11 bits per heavy atom. The maximum absolute atomic E-state index is 5.26. The summed E-state index contributed by atoms with van der Waals surface area (Å²) in [5, 5.41) is 11.6. The maximum atomic E-state index is 5.26. The van der Waals surface area contributed by atoms with Crippen molar-refractivity contribution in [2.45, 2.75) is 27.3 Å². The molecule has 4 rings (SSSR count). The molecule has 27 heavy (non-hydrogen) atoms. The lowest BCUT2D eigenvalue weighted by molar-refractivity contribution is 0.425. The van der Waals surface area contributed by atoms with E-state index < -0.39 is 0 Å². The quantitative estimate of drug-likeness (QED) is 0.583. The van der Waals surface area contributed by atoms with Crippen molar-refractivity contribution >= 4 is 5.82 Å². The highest BCUT2D eigenvalue weighted by Crippen LogP contribution is 2.24. The first-order valence-corrected chi connectivity index (χ1v) is 8.58. The molecule has 8 nitrogen and oxygen atoms in total. The van der Waals surface area contributed by atoms with Crippen LogP contribution in [0.15, 0.2) is 47.2 Å². The highest BCUT2D eigenvalue weighted by Gasteiger charge is 2.12. The molecule has 0 saturated heterocycles. The molecular formula is C19H19N7O. The molecule has 136 valence electrons. The lowest BCUT2D eigenvalue weighted by Gasteiger charge is -2.09. The average molecular weight is 361 g/mol. The molecule has 0 radical (unpaired) electrons. The Morgan fingerprint density at radius 2 is 2.00 bits per heavy atom. The Kier molecular flexibility index (Phi) is 4.37. The number of rotatable bonds is 5. The Balaban J connectivity index is 1.51. The second-order valence-corrected chi connectivity index (χ2v) is 6.26. The Hall–Kier alpha value is -3.55. The predicted octanol–water partition coefficient (Wildman–Crippen LogP) is 3.25. The number of anilines is 1. The van der Waals surface area contributed by atoms with Crippen LogP contribution in [0.3, 0.4) is 0 Å². The summed E-state index contributed by atoms with van der Waals surface area (Å²) in [4.78, 5) is 13.2. The van der Waals surface area contributed by atoms with Crippen LogP contribution >= 0.6 is 0 Å². The van der Waals surface area contributed by atoms with Crippen LogP contribution in [0, 0.1) is 20.8 Å². The smallest absolute Gasteiger partial charge is 0.261 e. The van der Waals surface area contributed by atoms with Crippen LogP contribution in [0.4, 0.5) is 5.82 Å². The summed E-state index contributed by atoms with van der Waals surface area (Å²) in [6.07, 6.45) is 3.55. The largest absolute Gasteiger partial charge is 0.365 e. The summed E-state index contributed by atoms with van der Waals surface area (Å²) in [5.74, 6) is 2.51. The van der Waals surface area contributed by atoms with Crippen molar-refractivity contribution in [3.63, 3.8) is 0 Å². The van der Waals surface area contributed by atoms with Crippen LogP contribution in [-0.4, -0.2) is 29.9 Å². The zero-order valence-corrected chi connectivity index (χ0v) is 15.3. The normalized spacial score (nSPS) is 10.9. The first-order valence-electron chi connectivity index (χ1n) is 8.58. The monoisotopic (exact) mass is 361 g/mol. The van der Waals surface area contributed by atoms with Gasteiger partial charge in [0.1, 0.15) is 5.82 Å². The molecule has 8 heteroatoms. The number of pyridine rings is 2. The zero-order chi connectivity index (χ0) is 18.8. The average Bonchev–Trinajstić information content (AvgIpc) is 3.25. The van der Waals surface area contributed by atoms with Crippen molar-refractivity contribution in [3.05, 3.63) is 65.5 Å². The molecule has 0 atom stereocenters. The van der Waals surface area contributed by atoms with Gasteiger partial charge in [0.2, 0.25) is 0 Å². The van der Waals surface area contributed by atoms with Crippen molar-refractivity contribution in [2.24, 2.45) is 0 Å². The minimum atomic E-state index is 0.445. The SMILES string of the molecule is Cc1cc(C)n(-c2ccc(CNc3ncccc3-c3nc(C)no3)cn2)n1. The van der Waals surface area contributed by atoms with Gasteiger partial charge in [-0.15, -0.1) is 0 Å². The van der Waals surface area contributed by atoms with Crippen LogP contribution < -0.4 is 5.32 Å². The van der Waals surface area contributed by atoms with E-state index in [1.165, 1.54) is 0 Å². The molecule has 0 aliphatic rings. The van der Waals surface area contributed by atoms with Crippen molar-refractivity contribution < 1.29 is 4.52 Å². The summed E-state index contributed by atoms with van der Waals surface area (Å²) in [7, 11) is 0. The van der Waals surface area contributed by atoms with Crippen LogP contribution in [0.5, 0.6) is 0 Å². The van der Waals surface area contributed by atoms with Crippen molar-refractivity contribution in [1.29, 1.82) is 0 Å². The Morgan fingerprint density at radius 3 is 2.67 bits per heavy atom. The summed E-state index contributed by atoms with van der Waals surface area (Å²) in [5.41, 5.74) is 3.82. The molecule has 0 saturated carbocycles. The molecule has 0 bridgehead atoms. The van der Waals surface area contributed by atoms with Crippen LogP contribution in [0.2, 0.25) is 0 Å². The summed E-state index contributed by atoms with van der Waals surface area (Å²) in [6.45, 7) is 6.34. The second-order valence-electron chi connectivity index (χ2n) is 6.26. The number of aryl methyl sites for hydroxylation is 3. The fourth-order valence-corrected chi connectivity index (χ4v) is 2.82. The molecule has 4 aromatic heterocycles. The van der Waals surface area contributed by atoms with Gasteiger partial charge in [-0.1, -0.05) is 11.2 Å². The molecule has 4 heterocycles. The van der Waals surface area contributed by atoms with Gasteiger partial charge in [0, 0.05) is 24.6 Å². The van der Waals surface area contributed by atoms with E-state index in [-0.39, 0.29) is 0 Å². The second kappa shape index (κ2) is 6.99. The van der Waals surface area contributed by atoms with Crippen molar-refractivity contribution in [2.75, 3.05) is 5.32 Å². The van der Waals surface area contributed by atoms with Gasteiger partial charge in [0.15, 0.2) is 11.6 Å². The van der Waals surface area contributed by atoms with E-state index in [2.05, 4.69) is 30.5 Å². The fourth-order valence-electron chi connectivity index (χ4n) is 2.82. The third-order valence-electron chi connectivity index (χ3n) is 4.06. The molecule has 0 aliphatic heterocycles. The molecular weight excluding hydrogens is 342 g/mol. The minimum Gasteiger partial charge on any atom is -0.365 e. The Labute approximate surface area is 156 Å². The van der Waals surface area contributed by atoms with E-state index in [0.29, 0.717) is 24.1 Å². The van der Waals surface area contributed by atoms with Gasteiger partial charge in [0.25, 0.3) is 5.89 Å². The van der Waals surface area contributed by atoms with Crippen molar-refractivity contribution in [1.82, 2.24) is 29.9 Å². The number of hydrogen-bond acceptors (Lipinski definition) is 7. The van der Waals surface area contributed by atoms with E-state index in [0.717, 1.165) is 28.3 Å². The topological polar surface area (TPSA) is 94.6 Å². The van der Waals surface area contributed by atoms with Gasteiger partial charge in [-0.3, -0.25) is 0 Å². The number of nitrogens with one attached hydrogen (secondary N) is 1. The molecule has 1 N–H and O–H groups in total. The molecule has 0 aliphatic carbocycles. The highest BCUT2D eigenvalue weighted by atomic mass is 16.5. The molecule has 0 aromatic carbocycles. The van der Waals surface area contributed by atoms with Gasteiger partial charge >= 0.3 is 0 Å². The molecule has 4 aromatic rings. The first kappa shape index (κ1) is 16.9.